The predicted molar refractivity (Wildman–Crippen MR) is 108 cm³/mol. The van der Waals surface area contributed by atoms with Gasteiger partial charge in [0.15, 0.2) is 0 Å². The molecule has 0 bridgehead atoms. The molecule has 1 heterocycles. The van der Waals surface area contributed by atoms with E-state index >= 15 is 0 Å². The summed E-state index contributed by atoms with van der Waals surface area (Å²) in [6.45, 7) is 2.81. The highest BCUT2D eigenvalue weighted by Gasteiger charge is 2.25. The summed E-state index contributed by atoms with van der Waals surface area (Å²) in [5.41, 5.74) is 4.23. The number of benzene rings is 3. The van der Waals surface area contributed by atoms with Gasteiger partial charge in [0, 0.05) is 0 Å². The van der Waals surface area contributed by atoms with Crippen LogP contribution in [0, 0.1) is 0 Å². The Kier molecular flexibility index (Phi) is 4.85. The van der Waals surface area contributed by atoms with E-state index in [9.17, 15) is 9.90 Å². The second-order valence-corrected chi connectivity index (χ2v) is 7.20. The van der Waals surface area contributed by atoms with E-state index in [0.29, 0.717) is 6.42 Å². The van der Waals surface area contributed by atoms with Crippen molar-refractivity contribution in [3.05, 3.63) is 65.7 Å². The first kappa shape index (κ1) is 17.6. The van der Waals surface area contributed by atoms with Crippen LogP contribution in [0.5, 0.6) is 5.75 Å². The third kappa shape index (κ3) is 3.30. The van der Waals surface area contributed by atoms with Gasteiger partial charge in [0.05, 0.1) is 12.5 Å². The molecule has 27 heavy (non-hydrogen) atoms. The summed E-state index contributed by atoms with van der Waals surface area (Å²) < 4.78 is 5.74. The van der Waals surface area contributed by atoms with Crippen LogP contribution in [0.3, 0.4) is 0 Å². The summed E-state index contributed by atoms with van der Waals surface area (Å²) in [7, 11) is 0. The largest absolute Gasteiger partial charge is 0.493 e. The molecule has 3 aromatic carbocycles. The van der Waals surface area contributed by atoms with Crippen molar-refractivity contribution < 1.29 is 14.6 Å². The molecule has 1 aliphatic heterocycles. The summed E-state index contributed by atoms with van der Waals surface area (Å²) >= 11 is 0. The lowest BCUT2D eigenvalue weighted by atomic mass is 9.83. The first-order valence-electron chi connectivity index (χ1n) is 9.69. The van der Waals surface area contributed by atoms with Crippen LogP contribution < -0.4 is 4.74 Å². The Bertz CT molecular complexity index is 990. The number of hydrogen-bond donors (Lipinski definition) is 1. The van der Waals surface area contributed by atoms with Gasteiger partial charge in [-0.05, 0) is 64.4 Å². The molecule has 1 N–H and O–H groups in total. The minimum atomic E-state index is -0.754. The maximum absolute atomic E-state index is 12.1. The van der Waals surface area contributed by atoms with Gasteiger partial charge in [0.25, 0.3) is 0 Å². The summed E-state index contributed by atoms with van der Waals surface area (Å²) in [6, 6.07) is 18.5. The van der Waals surface area contributed by atoms with Crippen LogP contribution in [0.1, 0.15) is 43.2 Å². The SMILES string of the molecule is CCCC(C(=O)O)c1c(-c2ccc3c(c2)CCCO3)ccc2ccccc12. The van der Waals surface area contributed by atoms with E-state index in [1.165, 1.54) is 5.56 Å². The van der Waals surface area contributed by atoms with E-state index in [-0.39, 0.29) is 0 Å². The van der Waals surface area contributed by atoms with Crippen LogP contribution in [0.2, 0.25) is 0 Å². The fraction of sp³-hybridized carbons (Fsp3) is 0.292. The van der Waals surface area contributed by atoms with E-state index in [4.69, 9.17) is 4.74 Å². The number of aliphatic carboxylic acids is 1. The van der Waals surface area contributed by atoms with Crippen molar-refractivity contribution in [2.24, 2.45) is 0 Å². The minimum absolute atomic E-state index is 0.511. The lowest BCUT2D eigenvalue weighted by Gasteiger charge is -2.22. The van der Waals surface area contributed by atoms with Gasteiger partial charge in [-0.25, -0.2) is 0 Å². The summed E-state index contributed by atoms with van der Waals surface area (Å²) in [5, 5.41) is 12.1. The first-order chi connectivity index (χ1) is 13.2. The molecule has 1 aliphatic rings. The van der Waals surface area contributed by atoms with Gasteiger partial charge in [-0.3, -0.25) is 4.79 Å². The third-order valence-corrected chi connectivity index (χ3v) is 5.41. The van der Waals surface area contributed by atoms with Crippen LogP contribution in [0.15, 0.2) is 54.6 Å². The van der Waals surface area contributed by atoms with Crippen molar-refractivity contribution in [1.29, 1.82) is 0 Å². The molecule has 0 fully saturated rings. The van der Waals surface area contributed by atoms with Gasteiger partial charge in [-0.1, -0.05) is 55.8 Å². The van der Waals surface area contributed by atoms with Gasteiger partial charge >= 0.3 is 5.97 Å². The Balaban J connectivity index is 1.95. The highest BCUT2D eigenvalue weighted by atomic mass is 16.5. The Hall–Kier alpha value is -2.81. The highest BCUT2D eigenvalue weighted by Crippen LogP contribution is 2.39. The van der Waals surface area contributed by atoms with Gasteiger partial charge in [0.2, 0.25) is 0 Å². The standard InChI is InChI=1S/C24H24O3/c1-2-6-21(24(25)26)23-19-9-4-3-7-16(19)10-12-20(23)17-11-13-22-18(15-17)8-5-14-27-22/h3-4,7,9-13,15,21H,2,5-6,8,14H2,1H3,(H,25,26). The number of aryl methyl sites for hydroxylation is 1. The lowest BCUT2D eigenvalue weighted by molar-refractivity contribution is -0.138. The minimum Gasteiger partial charge on any atom is -0.493 e. The average molecular weight is 360 g/mol. The molecule has 0 radical (unpaired) electrons. The monoisotopic (exact) mass is 360 g/mol. The van der Waals surface area contributed by atoms with Crippen molar-refractivity contribution in [3.63, 3.8) is 0 Å². The van der Waals surface area contributed by atoms with Gasteiger partial charge in [-0.2, -0.15) is 0 Å². The molecule has 0 spiro atoms. The third-order valence-electron chi connectivity index (χ3n) is 5.41. The number of carbonyl (C=O) groups is 1. The Morgan fingerprint density at radius 3 is 2.81 bits per heavy atom. The predicted octanol–water partition coefficient (Wildman–Crippen LogP) is 5.80. The van der Waals surface area contributed by atoms with Crippen LogP contribution in [-0.2, 0) is 11.2 Å². The van der Waals surface area contributed by atoms with E-state index in [1.807, 2.05) is 37.3 Å². The molecule has 138 valence electrons. The van der Waals surface area contributed by atoms with Gasteiger partial charge in [0.1, 0.15) is 5.75 Å². The molecule has 4 rings (SSSR count). The van der Waals surface area contributed by atoms with Crippen LogP contribution in [0.4, 0.5) is 0 Å². The summed E-state index contributed by atoms with van der Waals surface area (Å²) in [4.78, 5) is 12.1. The number of fused-ring (bicyclic) bond motifs is 2. The fourth-order valence-corrected chi connectivity index (χ4v) is 4.13. The van der Waals surface area contributed by atoms with Crippen molar-refractivity contribution in [3.8, 4) is 16.9 Å². The molecule has 1 unspecified atom stereocenters. The molecule has 0 saturated heterocycles. The second-order valence-electron chi connectivity index (χ2n) is 7.20. The first-order valence-corrected chi connectivity index (χ1v) is 9.69. The van der Waals surface area contributed by atoms with Crippen molar-refractivity contribution in [2.75, 3.05) is 6.61 Å². The van der Waals surface area contributed by atoms with Gasteiger partial charge < -0.3 is 9.84 Å². The van der Waals surface area contributed by atoms with Crippen molar-refractivity contribution in [1.82, 2.24) is 0 Å². The Morgan fingerprint density at radius 2 is 2.00 bits per heavy atom. The highest BCUT2D eigenvalue weighted by molar-refractivity contribution is 5.96. The van der Waals surface area contributed by atoms with Crippen molar-refractivity contribution in [2.45, 2.75) is 38.5 Å². The molecule has 3 nitrogen and oxygen atoms in total. The molecular formula is C24H24O3. The lowest BCUT2D eigenvalue weighted by Crippen LogP contribution is -2.13. The topological polar surface area (TPSA) is 46.5 Å². The van der Waals surface area contributed by atoms with E-state index in [1.54, 1.807) is 0 Å². The van der Waals surface area contributed by atoms with Crippen LogP contribution in [-0.4, -0.2) is 17.7 Å². The number of hydrogen-bond acceptors (Lipinski definition) is 2. The molecule has 0 aromatic heterocycles. The quantitative estimate of drug-likeness (QED) is 0.625. The normalized spacial score (nSPS) is 14.4. The summed E-state index contributed by atoms with van der Waals surface area (Å²) in [6.07, 6.45) is 3.49. The van der Waals surface area contributed by atoms with Gasteiger partial charge in [-0.15, -0.1) is 0 Å². The Labute approximate surface area is 159 Å². The maximum Gasteiger partial charge on any atom is 0.311 e. The number of ether oxygens (including phenoxy) is 1. The fourth-order valence-electron chi connectivity index (χ4n) is 4.13. The van der Waals surface area contributed by atoms with Crippen molar-refractivity contribution >= 4 is 16.7 Å². The zero-order chi connectivity index (χ0) is 18.8. The maximum atomic E-state index is 12.1. The zero-order valence-corrected chi connectivity index (χ0v) is 15.6. The molecular weight excluding hydrogens is 336 g/mol. The smallest absolute Gasteiger partial charge is 0.311 e. The van der Waals surface area contributed by atoms with Crippen LogP contribution >= 0.6 is 0 Å². The molecule has 0 amide bonds. The molecule has 0 aliphatic carbocycles. The van der Waals surface area contributed by atoms with E-state index in [0.717, 1.165) is 59.1 Å². The molecule has 3 aromatic rings. The Morgan fingerprint density at radius 1 is 1.15 bits per heavy atom. The molecule has 0 saturated carbocycles. The number of carboxylic acid groups (broad SMARTS) is 1. The van der Waals surface area contributed by atoms with E-state index in [2.05, 4.69) is 24.3 Å². The summed E-state index contributed by atoms with van der Waals surface area (Å²) in [5.74, 6) is -0.310. The molecule has 3 heteroatoms. The second kappa shape index (κ2) is 7.43. The average Bonchev–Trinajstić information content (AvgIpc) is 2.71. The zero-order valence-electron chi connectivity index (χ0n) is 15.6. The number of rotatable bonds is 5. The van der Waals surface area contributed by atoms with Crippen LogP contribution in [0.25, 0.3) is 21.9 Å². The van der Waals surface area contributed by atoms with E-state index < -0.39 is 11.9 Å². The molecule has 1 atom stereocenters. The number of carboxylic acids is 1.